The zero-order valence-electron chi connectivity index (χ0n) is 17.1. The maximum absolute atomic E-state index is 8.99. The van der Waals surface area contributed by atoms with Crippen LogP contribution in [0.4, 0.5) is 0 Å². The summed E-state index contributed by atoms with van der Waals surface area (Å²) >= 11 is 0. The average Bonchev–Trinajstić information content (AvgIpc) is 2.77. The molecule has 2 aromatic rings. The molecule has 0 saturated heterocycles. The zero-order valence-corrected chi connectivity index (χ0v) is 17.1. The van der Waals surface area contributed by atoms with Crippen LogP contribution in [0.1, 0.15) is 81.9 Å². The van der Waals surface area contributed by atoms with Crippen molar-refractivity contribution >= 4 is 0 Å². The average molecular weight is 376 g/mol. The van der Waals surface area contributed by atoms with Crippen LogP contribution in [-0.2, 0) is 0 Å². The molecule has 2 nitrogen and oxygen atoms in total. The van der Waals surface area contributed by atoms with E-state index in [1.807, 2.05) is 24.3 Å². The number of ether oxygens (including phenoxy) is 1. The van der Waals surface area contributed by atoms with Gasteiger partial charge in [-0.25, -0.2) is 0 Å². The maximum Gasteiger partial charge on any atom is 0.124 e. The summed E-state index contributed by atoms with van der Waals surface area (Å²) in [7, 11) is 0. The van der Waals surface area contributed by atoms with E-state index in [4.69, 9.17) is 10.00 Å². The third kappa shape index (κ3) is 6.13. The molecule has 148 valence electrons. The molecule has 0 aliphatic heterocycles. The minimum absolute atomic E-state index is 0.0759. The molecule has 0 heterocycles. The monoisotopic (exact) mass is 375 g/mol. The predicted octanol–water partition coefficient (Wildman–Crippen LogP) is 7.46. The zero-order chi connectivity index (χ0) is 19.6. The largest absolute Gasteiger partial charge is 0.486 e. The van der Waals surface area contributed by atoms with Gasteiger partial charge in [0.2, 0.25) is 0 Å². The van der Waals surface area contributed by atoms with Crippen molar-refractivity contribution in [3.63, 3.8) is 0 Å². The molecule has 0 N–H and O–H groups in total. The van der Waals surface area contributed by atoms with Crippen molar-refractivity contribution in [1.29, 1.82) is 5.26 Å². The molecule has 0 aromatic heterocycles. The van der Waals surface area contributed by atoms with Crippen LogP contribution >= 0.6 is 0 Å². The molecular weight excluding hydrogens is 342 g/mol. The second-order valence-corrected chi connectivity index (χ2v) is 8.26. The highest BCUT2D eigenvalue weighted by Crippen LogP contribution is 2.36. The lowest BCUT2D eigenvalue weighted by atomic mass is 9.77. The summed E-state index contributed by atoms with van der Waals surface area (Å²) in [5.41, 5.74) is 1.91. The molecule has 2 aromatic carbocycles. The Kier molecular flexibility index (Phi) is 7.97. The topological polar surface area (TPSA) is 33.0 Å². The molecule has 28 heavy (non-hydrogen) atoms. The van der Waals surface area contributed by atoms with Crippen LogP contribution in [0, 0.1) is 23.2 Å². The number of nitrogens with zero attached hydrogens (tertiary/aromatic N) is 1. The third-order valence-electron chi connectivity index (χ3n) is 6.20. The van der Waals surface area contributed by atoms with Crippen molar-refractivity contribution in [3.05, 3.63) is 65.7 Å². The fourth-order valence-electron chi connectivity index (χ4n) is 4.42. The van der Waals surface area contributed by atoms with Gasteiger partial charge in [-0.1, -0.05) is 82.2 Å². The minimum atomic E-state index is 0.0759. The minimum Gasteiger partial charge on any atom is -0.486 e. The fourth-order valence-corrected chi connectivity index (χ4v) is 4.42. The van der Waals surface area contributed by atoms with Gasteiger partial charge in [0.1, 0.15) is 11.9 Å². The lowest BCUT2D eigenvalue weighted by Gasteiger charge is -2.30. The summed E-state index contributed by atoms with van der Waals surface area (Å²) in [4.78, 5) is 0. The Bertz CT molecular complexity index is 723. The van der Waals surface area contributed by atoms with Crippen LogP contribution in [0.3, 0.4) is 0 Å². The number of unbranched alkanes of at least 4 members (excludes halogenated alkanes) is 1. The van der Waals surface area contributed by atoms with Crippen molar-refractivity contribution in [2.75, 3.05) is 0 Å². The first kappa shape index (κ1) is 20.5. The summed E-state index contributed by atoms with van der Waals surface area (Å²) in [6.07, 6.45) is 12.1. The molecule has 1 aliphatic carbocycles. The quantitative estimate of drug-likeness (QED) is 0.456. The SMILES string of the molecule is CCCCC1CCC(CCC(Oc2ccc(C#N)cc2)c2ccccc2)CC1. The lowest BCUT2D eigenvalue weighted by Crippen LogP contribution is -2.16. The standard InChI is InChI=1S/C26H33NO/c1-2-3-7-21-10-12-22(13-11-21)16-19-26(24-8-5-4-6-9-24)28-25-17-14-23(20-27)15-18-25/h4-6,8-9,14-15,17-18,21-22,26H,2-3,7,10-13,16,19H2,1H3. The van der Waals surface area contributed by atoms with E-state index in [-0.39, 0.29) is 6.10 Å². The molecule has 3 rings (SSSR count). The fraction of sp³-hybridized carbons (Fsp3) is 0.500. The van der Waals surface area contributed by atoms with E-state index in [9.17, 15) is 0 Å². The second-order valence-electron chi connectivity index (χ2n) is 8.26. The molecule has 1 atom stereocenters. The molecule has 0 bridgehead atoms. The van der Waals surface area contributed by atoms with Gasteiger partial charge in [0.25, 0.3) is 0 Å². The molecule has 0 radical (unpaired) electrons. The van der Waals surface area contributed by atoms with Crippen LogP contribution in [0.15, 0.2) is 54.6 Å². The van der Waals surface area contributed by atoms with Gasteiger partial charge in [0.05, 0.1) is 11.6 Å². The summed E-state index contributed by atoms with van der Waals surface area (Å²) in [6, 6.07) is 20.2. The van der Waals surface area contributed by atoms with Gasteiger partial charge in [0, 0.05) is 0 Å². The highest BCUT2D eigenvalue weighted by Gasteiger charge is 2.23. The first-order chi connectivity index (χ1) is 13.8. The van der Waals surface area contributed by atoms with Gasteiger partial charge in [0.15, 0.2) is 0 Å². The molecule has 1 aliphatic rings. The number of rotatable bonds is 9. The van der Waals surface area contributed by atoms with Crippen molar-refractivity contribution in [2.45, 2.75) is 70.8 Å². The van der Waals surface area contributed by atoms with Crippen LogP contribution in [-0.4, -0.2) is 0 Å². The van der Waals surface area contributed by atoms with Crippen molar-refractivity contribution in [1.82, 2.24) is 0 Å². The molecule has 0 spiro atoms. The number of hydrogen-bond donors (Lipinski definition) is 0. The normalized spacial score (nSPS) is 20.3. The Morgan fingerprint density at radius 2 is 1.57 bits per heavy atom. The van der Waals surface area contributed by atoms with Gasteiger partial charge < -0.3 is 4.74 Å². The molecular formula is C26H33NO. The Hall–Kier alpha value is -2.27. The Labute approximate surface area is 170 Å². The van der Waals surface area contributed by atoms with E-state index in [2.05, 4.69) is 43.3 Å². The number of hydrogen-bond acceptors (Lipinski definition) is 2. The van der Waals surface area contributed by atoms with E-state index in [1.54, 1.807) is 0 Å². The first-order valence-corrected chi connectivity index (χ1v) is 11.0. The van der Waals surface area contributed by atoms with Crippen LogP contribution < -0.4 is 4.74 Å². The van der Waals surface area contributed by atoms with Gasteiger partial charge in [-0.3, -0.25) is 0 Å². The van der Waals surface area contributed by atoms with Gasteiger partial charge in [-0.2, -0.15) is 5.26 Å². The van der Waals surface area contributed by atoms with E-state index < -0.39 is 0 Å². The van der Waals surface area contributed by atoms with Crippen molar-refractivity contribution < 1.29 is 4.74 Å². The van der Waals surface area contributed by atoms with E-state index in [1.165, 1.54) is 56.9 Å². The smallest absolute Gasteiger partial charge is 0.124 e. The summed E-state index contributed by atoms with van der Waals surface area (Å²) < 4.78 is 6.36. The molecule has 2 heteroatoms. The van der Waals surface area contributed by atoms with Crippen LogP contribution in [0.2, 0.25) is 0 Å². The Morgan fingerprint density at radius 3 is 2.18 bits per heavy atom. The van der Waals surface area contributed by atoms with Gasteiger partial charge in [-0.15, -0.1) is 0 Å². The molecule has 1 fully saturated rings. The van der Waals surface area contributed by atoms with E-state index in [0.29, 0.717) is 5.56 Å². The number of benzene rings is 2. The van der Waals surface area contributed by atoms with Gasteiger partial charge in [-0.05, 0) is 54.5 Å². The molecule has 0 amide bonds. The highest BCUT2D eigenvalue weighted by molar-refractivity contribution is 5.35. The van der Waals surface area contributed by atoms with Crippen molar-refractivity contribution in [3.8, 4) is 11.8 Å². The molecule has 1 unspecified atom stereocenters. The Balaban J connectivity index is 1.57. The summed E-state index contributed by atoms with van der Waals surface area (Å²) in [6.45, 7) is 2.29. The molecule has 1 saturated carbocycles. The summed E-state index contributed by atoms with van der Waals surface area (Å²) in [5.74, 6) is 2.65. The first-order valence-electron chi connectivity index (χ1n) is 11.0. The van der Waals surface area contributed by atoms with E-state index in [0.717, 1.165) is 24.0 Å². The maximum atomic E-state index is 8.99. The van der Waals surface area contributed by atoms with Gasteiger partial charge >= 0.3 is 0 Å². The lowest BCUT2D eigenvalue weighted by molar-refractivity contribution is 0.168. The van der Waals surface area contributed by atoms with Crippen LogP contribution in [0.5, 0.6) is 5.75 Å². The number of nitriles is 1. The third-order valence-corrected chi connectivity index (χ3v) is 6.20. The van der Waals surface area contributed by atoms with Crippen LogP contribution in [0.25, 0.3) is 0 Å². The van der Waals surface area contributed by atoms with Crippen molar-refractivity contribution in [2.24, 2.45) is 11.8 Å². The Morgan fingerprint density at radius 1 is 0.929 bits per heavy atom. The highest BCUT2D eigenvalue weighted by atomic mass is 16.5. The van der Waals surface area contributed by atoms with E-state index >= 15 is 0 Å². The second kappa shape index (κ2) is 10.9. The predicted molar refractivity (Wildman–Crippen MR) is 115 cm³/mol. The summed E-state index contributed by atoms with van der Waals surface area (Å²) in [5, 5.41) is 8.99.